The van der Waals surface area contributed by atoms with E-state index in [1.807, 2.05) is 0 Å². The number of amides is 1. The van der Waals surface area contributed by atoms with Crippen molar-refractivity contribution in [3.63, 3.8) is 0 Å². The van der Waals surface area contributed by atoms with Crippen LogP contribution in [0.3, 0.4) is 0 Å². The molecule has 0 radical (unpaired) electrons. The molecule has 1 atom stereocenters. The van der Waals surface area contributed by atoms with Gasteiger partial charge in [0.1, 0.15) is 0 Å². The van der Waals surface area contributed by atoms with E-state index in [2.05, 4.69) is 15.4 Å². The molecule has 0 aliphatic heterocycles. The molecule has 1 amide bonds. The molecule has 0 heterocycles. The molecule has 0 saturated carbocycles. The monoisotopic (exact) mass is 568 g/mol. The molecule has 3 rings (SSSR count). The Hall–Kier alpha value is -3.15. The highest BCUT2D eigenvalue weighted by molar-refractivity contribution is 7.91. The normalized spacial score (nSPS) is 11.8. The largest absolute Gasteiger partial charge is 0.478 e. The highest BCUT2D eigenvalue weighted by atomic mass is 35.5. The molecule has 0 aliphatic carbocycles. The van der Waals surface area contributed by atoms with Gasteiger partial charge in [-0.15, -0.1) is 12.4 Å². The number of anilines is 1. The lowest BCUT2D eigenvalue weighted by Gasteiger charge is -2.13. The summed E-state index contributed by atoms with van der Waals surface area (Å²) in [5.74, 6) is -1.40. The number of aromatic carboxylic acids is 1. The minimum absolute atomic E-state index is 0. The Morgan fingerprint density at radius 3 is 2.32 bits per heavy atom. The first-order valence-corrected chi connectivity index (χ1v) is 12.7. The number of nitrogens with one attached hydrogen (secondary N) is 2. The zero-order chi connectivity index (χ0) is 26.3. The van der Waals surface area contributed by atoms with Crippen molar-refractivity contribution in [3.8, 4) is 0 Å². The molecular weight excluding hydrogens is 543 g/mol. The lowest BCUT2D eigenvalue weighted by molar-refractivity contribution is 0.0697. The van der Waals surface area contributed by atoms with Gasteiger partial charge in [-0.1, -0.05) is 35.9 Å². The Bertz CT molecular complexity index is 1350. The number of methoxy groups -OCH3 is 1. The van der Waals surface area contributed by atoms with E-state index in [-0.39, 0.29) is 33.4 Å². The standard InChI is InChI=1S/C25H25ClN2O7S.ClH/c1-35-25(32)28-22-10-9-20(14-21(22)24(30)31)36(33,34)19-7-5-16(6-8-19)11-12-27-15-23(29)17-3-2-4-18(26)13-17;/h2-10,13-14,23,27,29H,11-12,15H2,1H3,(H,28,32)(H,30,31);1H/t23-;/m1./s1. The van der Waals surface area contributed by atoms with Crippen molar-refractivity contribution >= 4 is 51.6 Å². The molecule has 0 aliphatic rings. The van der Waals surface area contributed by atoms with E-state index >= 15 is 0 Å². The van der Waals surface area contributed by atoms with E-state index in [1.165, 1.54) is 24.3 Å². The number of halogens is 2. The average Bonchev–Trinajstić information content (AvgIpc) is 2.86. The van der Waals surface area contributed by atoms with Gasteiger partial charge in [0.25, 0.3) is 0 Å². The molecule has 3 aromatic carbocycles. The van der Waals surface area contributed by atoms with Crippen LogP contribution in [-0.2, 0) is 21.0 Å². The maximum Gasteiger partial charge on any atom is 0.411 e. The van der Waals surface area contributed by atoms with Gasteiger partial charge < -0.3 is 20.3 Å². The van der Waals surface area contributed by atoms with Crippen molar-refractivity contribution in [2.45, 2.75) is 22.3 Å². The number of ether oxygens (including phenoxy) is 1. The molecule has 0 fully saturated rings. The summed E-state index contributed by atoms with van der Waals surface area (Å²) in [6.45, 7) is 0.889. The van der Waals surface area contributed by atoms with E-state index in [4.69, 9.17) is 11.6 Å². The van der Waals surface area contributed by atoms with Gasteiger partial charge in [0, 0.05) is 11.6 Å². The summed E-state index contributed by atoms with van der Waals surface area (Å²) in [7, 11) is -2.88. The van der Waals surface area contributed by atoms with Gasteiger partial charge in [0.2, 0.25) is 9.84 Å². The molecule has 0 unspecified atom stereocenters. The predicted octanol–water partition coefficient (Wildman–Crippen LogP) is 4.34. The zero-order valence-electron chi connectivity index (χ0n) is 19.7. The third kappa shape index (κ3) is 7.91. The number of carboxylic acid groups (broad SMARTS) is 1. The number of carboxylic acids is 1. The minimum Gasteiger partial charge on any atom is -0.478 e. The van der Waals surface area contributed by atoms with Gasteiger partial charge in [-0.25, -0.2) is 18.0 Å². The number of benzene rings is 3. The lowest BCUT2D eigenvalue weighted by Crippen LogP contribution is -2.23. The van der Waals surface area contributed by atoms with Crippen LogP contribution in [0.4, 0.5) is 10.5 Å². The zero-order valence-corrected chi connectivity index (χ0v) is 22.1. The summed E-state index contributed by atoms with van der Waals surface area (Å²) in [4.78, 5) is 22.8. The number of rotatable bonds is 10. The van der Waals surface area contributed by atoms with Gasteiger partial charge in [-0.05, 0) is 66.6 Å². The molecule has 0 spiro atoms. The molecule has 12 heteroatoms. The fourth-order valence-electron chi connectivity index (χ4n) is 3.41. The van der Waals surface area contributed by atoms with E-state index in [9.17, 15) is 28.2 Å². The maximum atomic E-state index is 13.0. The number of aliphatic hydroxyl groups excluding tert-OH is 1. The highest BCUT2D eigenvalue weighted by Crippen LogP contribution is 2.26. The molecule has 0 bridgehead atoms. The number of hydrogen-bond donors (Lipinski definition) is 4. The summed E-state index contributed by atoms with van der Waals surface area (Å²) < 4.78 is 30.6. The van der Waals surface area contributed by atoms with Gasteiger partial charge in [-0.2, -0.15) is 0 Å². The van der Waals surface area contributed by atoms with Crippen molar-refractivity contribution in [1.82, 2.24) is 5.32 Å². The first kappa shape index (κ1) is 30.1. The fourth-order valence-corrected chi connectivity index (χ4v) is 4.90. The van der Waals surface area contributed by atoms with Gasteiger partial charge in [-0.3, -0.25) is 5.32 Å². The van der Waals surface area contributed by atoms with E-state index in [1.54, 1.807) is 36.4 Å². The molecule has 0 aromatic heterocycles. The number of carbonyl (C=O) groups is 2. The number of hydrogen-bond acceptors (Lipinski definition) is 7. The average molecular weight is 569 g/mol. The van der Waals surface area contributed by atoms with Crippen LogP contribution in [-0.4, -0.2) is 50.9 Å². The summed E-state index contributed by atoms with van der Waals surface area (Å²) in [6, 6.07) is 16.7. The van der Waals surface area contributed by atoms with E-state index < -0.39 is 28.0 Å². The molecule has 9 nitrogen and oxygen atoms in total. The number of aliphatic hydroxyl groups is 1. The Morgan fingerprint density at radius 1 is 1.03 bits per heavy atom. The van der Waals surface area contributed by atoms with Gasteiger partial charge in [0.05, 0.1) is 34.3 Å². The maximum absolute atomic E-state index is 13.0. The number of sulfone groups is 1. The van der Waals surface area contributed by atoms with Crippen LogP contribution in [0.15, 0.2) is 76.5 Å². The first-order chi connectivity index (χ1) is 17.1. The van der Waals surface area contributed by atoms with Crippen molar-refractivity contribution in [3.05, 3.63) is 88.4 Å². The van der Waals surface area contributed by atoms with E-state index in [0.717, 1.165) is 18.7 Å². The highest BCUT2D eigenvalue weighted by Gasteiger charge is 2.22. The Labute approximate surface area is 225 Å². The Morgan fingerprint density at radius 2 is 1.70 bits per heavy atom. The Kier molecular flexibility index (Phi) is 10.9. The van der Waals surface area contributed by atoms with Crippen LogP contribution in [0, 0.1) is 0 Å². The SMILES string of the molecule is COC(=O)Nc1ccc(S(=O)(=O)c2ccc(CCNC[C@@H](O)c3cccc(Cl)c3)cc2)cc1C(=O)O.Cl. The number of carbonyl (C=O) groups excluding carboxylic acids is 1. The van der Waals surface area contributed by atoms with Crippen molar-refractivity contribution in [2.75, 3.05) is 25.5 Å². The van der Waals surface area contributed by atoms with Crippen LogP contribution >= 0.6 is 24.0 Å². The molecular formula is C25H26Cl2N2O7S. The quantitative estimate of drug-likeness (QED) is 0.264. The molecule has 3 aromatic rings. The molecule has 0 saturated heterocycles. The van der Waals surface area contributed by atoms with Crippen LogP contribution < -0.4 is 10.6 Å². The minimum atomic E-state index is -4.00. The van der Waals surface area contributed by atoms with Crippen LogP contribution in [0.25, 0.3) is 0 Å². The summed E-state index contributed by atoms with van der Waals surface area (Å²) in [6.07, 6.45) is -0.988. The topological polar surface area (TPSA) is 142 Å². The van der Waals surface area contributed by atoms with Crippen LogP contribution in [0.1, 0.15) is 27.6 Å². The molecule has 198 valence electrons. The third-order valence-corrected chi connectivity index (χ3v) is 7.35. The van der Waals surface area contributed by atoms with Crippen molar-refractivity contribution in [2.24, 2.45) is 0 Å². The van der Waals surface area contributed by atoms with Gasteiger partial charge in [0.15, 0.2) is 0 Å². The summed E-state index contributed by atoms with van der Waals surface area (Å²) in [5.41, 5.74) is 1.12. The first-order valence-electron chi connectivity index (χ1n) is 10.8. The smallest absolute Gasteiger partial charge is 0.411 e. The summed E-state index contributed by atoms with van der Waals surface area (Å²) in [5, 5.41) is 25.7. The van der Waals surface area contributed by atoms with Gasteiger partial charge >= 0.3 is 12.1 Å². The summed E-state index contributed by atoms with van der Waals surface area (Å²) >= 11 is 5.95. The van der Waals surface area contributed by atoms with Crippen LogP contribution in [0.2, 0.25) is 5.02 Å². The third-order valence-electron chi connectivity index (χ3n) is 5.35. The van der Waals surface area contributed by atoms with Crippen molar-refractivity contribution < 1.29 is 33.0 Å². The fraction of sp³-hybridized carbons (Fsp3) is 0.200. The second-order valence-corrected chi connectivity index (χ2v) is 10.2. The van der Waals surface area contributed by atoms with E-state index in [0.29, 0.717) is 30.1 Å². The predicted molar refractivity (Wildman–Crippen MR) is 142 cm³/mol. The second-order valence-electron chi connectivity index (χ2n) is 7.80. The van der Waals surface area contributed by atoms with Crippen LogP contribution in [0.5, 0.6) is 0 Å². The molecule has 4 N–H and O–H groups in total. The van der Waals surface area contributed by atoms with Crippen molar-refractivity contribution in [1.29, 1.82) is 0 Å². The molecule has 37 heavy (non-hydrogen) atoms. The Balaban J connectivity index is 0.00000481. The lowest BCUT2D eigenvalue weighted by atomic mass is 10.1. The second kappa shape index (κ2) is 13.4.